The molecule has 0 saturated carbocycles. The summed E-state index contributed by atoms with van der Waals surface area (Å²) in [4.78, 5) is 21.1. The first-order valence-electron chi connectivity index (χ1n) is 8.41. The van der Waals surface area contributed by atoms with Gasteiger partial charge in [0.2, 0.25) is 0 Å². The van der Waals surface area contributed by atoms with Crippen LogP contribution in [0.5, 0.6) is 0 Å². The summed E-state index contributed by atoms with van der Waals surface area (Å²) >= 11 is 0. The van der Waals surface area contributed by atoms with Gasteiger partial charge in [0, 0.05) is 17.7 Å². The third-order valence-electron chi connectivity index (χ3n) is 4.07. The van der Waals surface area contributed by atoms with Crippen LogP contribution in [0.15, 0.2) is 24.7 Å². The number of rotatable bonds is 4. The predicted octanol–water partition coefficient (Wildman–Crippen LogP) is 2.96. The molecule has 2 N–H and O–H groups in total. The Morgan fingerprint density at radius 1 is 1.28 bits per heavy atom. The van der Waals surface area contributed by atoms with Crippen molar-refractivity contribution >= 4 is 17.1 Å². The molecule has 3 heterocycles. The monoisotopic (exact) mass is 340 g/mol. The van der Waals surface area contributed by atoms with E-state index >= 15 is 0 Å². The molecule has 0 fully saturated rings. The van der Waals surface area contributed by atoms with E-state index in [1.165, 1.54) is 0 Å². The van der Waals surface area contributed by atoms with E-state index in [9.17, 15) is 4.79 Å². The molecule has 0 radical (unpaired) electrons. The molecule has 0 aliphatic heterocycles. The lowest BCUT2D eigenvalue weighted by Crippen LogP contribution is -2.23. The third kappa shape index (κ3) is 3.55. The Labute approximate surface area is 146 Å². The van der Waals surface area contributed by atoms with Gasteiger partial charge in [0.25, 0.3) is 5.91 Å². The zero-order valence-electron chi connectivity index (χ0n) is 15.3. The number of carbonyl (C=O) groups is 1. The fourth-order valence-electron chi connectivity index (χ4n) is 2.53. The molecule has 7 heteroatoms. The van der Waals surface area contributed by atoms with Crippen LogP contribution < -0.4 is 5.32 Å². The standard InChI is InChI=1S/C18H24N6O/c1-11(2)24-10-21-14-6-12(8-19-16(14)24)17(25)20-9-13-7-15(23-22-13)18(3,4)5/h6-8,10-11H,9H2,1-5H3,(H,20,25)(H,22,23). The summed E-state index contributed by atoms with van der Waals surface area (Å²) in [6.45, 7) is 10.8. The lowest BCUT2D eigenvalue weighted by atomic mass is 9.92. The normalized spacial score (nSPS) is 12.1. The first-order chi connectivity index (χ1) is 11.8. The SMILES string of the molecule is CC(C)n1cnc2cc(C(=O)NCc3cc(C(C)(C)C)n[nH]3)cnc21. The summed E-state index contributed by atoms with van der Waals surface area (Å²) in [5.41, 5.74) is 3.82. The highest BCUT2D eigenvalue weighted by atomic mass is 16.1. The van der Waals surface area contributed by atoms with Crippen molar-refractivity contribution in [2.45, 2.75) is 52.6 Å². The minimum Gasteiger partial charge on any atom is -0.346 e. The second-order valence-corrected chi connectivity index (χ2v) is 7.52. The van der Waals surface area contributed by atoms with E-state index in [1.54, 1.807) is 18.6 Å². The van der Waals surface area contributed by atoms with Gasteiger partial charge < -0.3 is 9.88 Å². The molecule has 1 amide bonds. The number of nitrogens with zero attached hydrogens (tertiary/aromatic N) is 4. The van der Waals surface area contributed by atoms with E-state index in [0.29, 0.717) is 12.1 Å². The second kappa shape index (κ2) is 6.31. The van der Waals surface area contributed by atoms with Gasteiger partial charge in [-0.05, 0) is 26.0 Å². The quantitative estimate of drug-likeness (QED) is 0.764. The molecule has 25 heavy (non-hydrogen) atoms. The first kappa shape index (κ1) is 17.1. The molecule has 0 bridgehead atoms. The highest BCUT2D eigenvalue weighted by molar-refractivity contribution is 5.96. The number of nitrogens with one attached hydrogen (secondary N) is 2. The Kier molecular flexibility index (Phi) is 4.32. The predicted molar refractivity (Wildman–Crippen MR) is 96.4 cm³/mol. The van der Waals surface area contributed by atoms with Gasteiger partial charge in [0.05, 0.1) is 29.8 Å². The van der Waals surface area contributed by atoms with Gasteiger partial charge >= 0.3 is 0 Å². The summed E-state index contributed by atoms with van der Waals surface area (Å²) in [6.07, 6.45) is 3.34. The van der Waals surface area contributed by atoms with Crippen molar-refractivity contribution in [1.82, 2.24) is 30.0 Å². The molecule has 0 aromatic carbocycles. The Balaban J connectivity index is 1.71. The summed E-state index contributed by atoms with van der Waals surface area (Å²) in [6, 6.07) is 4.02. The number of H-pyrrole nitrogens is 1. The molecule has 3 aromatic heterocycles. The molecular formula is C18H24N6O. The first-order valence-corrected chi connectivity index (χ1v) is 8.41. The summed E-state index contributed by atoms with van der Waals surface area (Å²) in [5.74, 6) is -0.180. The fraction of sp³-hybridized carbons (Fsp3) is 0.444. The summed E-state index contributed by atoms with van der Waals surface area (Å²) in [5, 5.41) is 10.2. The number of pyridine rings is 1. The summed E-state index contributed by atoms with van der Waals surface area (Å²) < 4.78 is 1.98. The van der Waals surface area contributed by atoms with Gasteiger partial charge in [-0.1, -0.05) is 20.8 Å². The van der Waals surface area contributed by atoms with Crippen LogP contribution in [0.3, 0.4) is 0 Å². The Morgan fingerprint density at radius 3 is 2.68 bits per heavy atom. The Morgan fingerprint density at radius 2 is 2.04 bits per heavy atom. The molecule has 7 nitrogen and oxygen atoms in total. The van der Waals surface area contributed by atoms with E-state index in [0.717, 1.165) is 22.6 Å². The van der Waals surface area contributed by atoms with Crippen LogP contribution in [0.1, 0.15) is 62.4 Å². The zero-order valence-corrected chi connectivity index (χ0v) is 15.3. The smallest absolute Gasteiger partial charge is 0.253 e. The van der Waals surface area contributed by atoms with Crippen molar-refractivity contribution < 1.29 is 4.79 Å². The largest absolute Gasteiger partial charge is 0.346 e. The number of hydrogen-bond acceptors (Lipinski definition) is 4. The van der Waals surface area contributed by atoms with Gasteiger partial charge in [-0.25, -0.2) is 9.97 Å². The van der Waals surface area contributed by atoms with Crippen molar-refractivity contribution in [2.24, 2.45) is 0 Å². The van der Waals surface area contributed by atoms with Crippen molar-refractivity contribution in [3.8, 4) is 0 Å². The Hall–Kier alpha value is -2.70. The molecule has 0 unspecified atom stereocenters. The van der Waals surface area contributed by atoms with E-state index in [-0.39, 0.29) is 17.4 Å². The number of aromatic amines is 1. The number of imidazole rings is 1. The highest BCUT2D eigenvalue weighted by Crippen LogP contribution is 2.20. The number of carbonyl (C=O) groups excluding carboxylic acids is 1. The van der Waals surface area contributed by atoms with E-state index in [1.807, 2.05) is 10.6 Å². The molecule has 3 aromatic rings. The lowest BCUT2D eigenvalue weighted by molar-refractivity contribution is 0.0950. The van der Waals surface area contributed by atoms with Crippen LogP contribution >= 0.6 is 0 Å². The fourth-order valence-corrected chi connectivity index (χ4v) is 2.53. The minimum atomic E-state index is -0.180. The average Bonchev–Trinajstić information content (AvgIpc) is 3.18. The lowest BCUT2D eigenvalue weighted by Gasteiger charge is -2.13. The van der Waals surface area contributed by atoms with E-state index in [2.05, 4.69) is 60.1 Å². The molecular weight excluding hydrogens is 316 g/mol. The topological polar surface area (TPSA) is 88.5 Å². The minimum absolute atomic E-state index is 0.0248. The molecule has 132 valence electrons. The highest BCUT2D eigenvalue weighted by Gasteiger charge is 2.18. The van der Waals surface area contributed by atoms with Crippen LogP contribution in [0.25, 0.3) is 11.2 Å². The van der Waals surface area contributed by atoms with Gasteiger partial charge in [0.15, 0.2) is 5.65 Å². The van der Waals surface area contributed by atoms with Crippen molar-refractivity contribution in [3.63, 3.8) is 0 Å². The average molecular weight is 340 g/mol. The number of hydrogen-bond donors (Lipinski definition) is 2. The van der Waals surface area contributed by atoms with E-state index < -0.39 is 0 Å². The zero-order chi connectivity index (χ0) is 18.2. The van der Waals surface area contributed by atoms with Crippen LogP contribution in [0, 0.1) is 0 Å². The number of amides is 1. The molecule has 0 spiro atoms. The van der Waals surface area contributed by atoms with Crippen LogP contribution in [-0.4, -0.2) is 30.6 Å². The molecule has 0 atom stereocenters. The van der Waals surface area contributed by atoms with Crippen LogP contribution in [0.2, 0.25) is 0 Å². The maximum Gasteiger partial charge on any atom is 0.253 e. The van der Waals surface area contributed by atoms with Gasteiger partial charge in [-0.2, -0.15) is 5.10 Å². The summed E-state index contributed by atoms with van der Waals surface area (Å²) in [7, 11) is 0. The molecule has 0 aliphatic carbocycles. The van der Waals surface area contributed by atoms with E-state index in [4.69, 9.17) is 0 Å². The number of fused-ring (bicyclic) bond motifs is 1. The third-order valence-corrected chi connectivity index (χ3v) is 4.07. The van der Waals surface area contributed by atoms with Gasteiger partial charge in [-0.15, -0.1) is 0 Å². The maximum absolute atomic E-state index is 12.4. The number of aromatic nitrogens is 5. The molecule has 0 aliphatic rings. The van der Waals surface area contributed by atoms with Crippen molar-refractivity contribution in [2.75, 3.05) is 0 Å². The second-order valence-electron chi connectivity index (χ2n) is 7.52. The van der Waals surface area contributed by atoms with Crippen molar-refractivity contribution in [1.29, 1.82) is 0 Å². The van der Waals surface area contributed by atoms with Crippen molar-refractivity contribution in [3.05, 3.63) is 41.6 Å². The van der Waals surface area contributed by atoms with Crippen LogP contribution in [-0.2, 0) is 12.0 Å². The molecule has 3 rings (SSSR count). The van der Waals surface area contributed by atoms with Gasteiger partial charge in [-0.3, -0.25) is 9.89 Å². The molecule has 0 saturated heterocycles. The van der Waals surface area contributed by atoms with Gasteiger partial charge in [0.1, 0.15) is 5.52 Å². The maximum atomic E-state index is 12.4. The van der Waals surface area contributed by atoms with Crippen LogP contribution in [0.4, 0.5) is 0 Å². The Bertz CT molecular complexity index is 900.